The van der Waals surface area contributed by atoms with Gasteiger partial charge in [-0.15, -0.1) is 0 Å². The molecule has 12 heteroatoms. The number of carboxylic acid groups (broad SMARTS) is 1. The summed E-state index contributed by atoms with van der Waals surface area (Å²) in [5.74, 6) is -0.390. The number of benzene rings is 2. The lowest BCUT2D eigenvalue weighted by Gasteiger charge is -2.37. The van der Waals surface area contributed by atoms with E-state index in [0.717, 1.165) is 40.9 Å². The summed E-state index contributed by atoms with van der Waals surface area (Å²) >= 11 is 14.2. The van der Waals surface area contributed by atoms with Crippen molar-refractivity contribution in [3.63, 3.8) is 0 Å². The van der Waals surface area contributed by atoms with E-state index >= 15 is 0 Å². The summed E-state index contributed by atoms with van der Waals surface area (Å²) in [6.45, 7) is 3.95. The Morgan fingerprint density at radius 1 is 0.918 bits per heavy atom. The molecule has 2 aromatic carbocycles. The minimum atomic E-state index is -0.764. The van der Waals surface area contributed by atoms with Gasteiger partial charge in [0.25, 0.3) is 5.56 Å². The molecule has 0 radical (unpaired) electrons. The Hall–Kier alpha value is -4.32. The molecule has 0 bridgehead atoms. The lowest BCUT2D eigenvalue weighted by atomic mass is 9.97. The fourth-order valence-electron chi connectivity index (χ4n) is 6.79. The molecule has 0 saturated carbocycles. The molecule has 5 heterocycles. The highest BCUT2D eigenvalue weighted by atomic mass is 35.5. The van der Waals surface area contributed by atoms with Gasteiger partial charge in [0.15, 0.2) is 0 Å². The fraction of sp³-hybridized carbons (Fsp3) is 0.297. The highest BCUT2D eigenvalue weighted by molar-refractivity contribution is 6.39. The maximum absolute atomic E-state index is 13.2. The molecule has 0 aliphatic carbocycles. The molecular weight excluding hydrogens is 665 g/mol. The molecule has 0 spiro atoms. The quantitative estimate of drug-likeness (QED) is 0.188. The molecule has 0 amide bonds. The lowest BCUT2D eigenvalue weighted by molar-refractivity contribution is -0.141. The van der Waals surface area contributed by atoms with Crippen molar-refractivity contribution in [3.8, 4) is 39.4 Å². The van der Waals surface area contributed by atoms with Crippen molar-refractivity contribution >= 4 is 34.8 Å². The number of hydrogen-bond acceptors (Lipinski definition) is 8. The van der Waals surface area contributed by atoms with Crippen LogP contribution in [0.4, 0.5) is 0 Å². The second-order valence-electron chi connectivity index (χ2n) is 12.7. The van der Waals surface area contributed by atoms with Gasteiger partial charge < -0.3 is 14.9 Å². The second-order valence-corrected chi connectivity index (χ2v) is 13.5. The van der Waals surface area contributed by atoms with E-state index in [0.29, 0.717) is 71.0 Å². The summed E-state index contributed by atoms with van der Waals surface area (Å²) < 4.78 is 7.20. The molecule has 2 saturated heterocycles. The zero-order valence-electron chi connectivity index (χ0n) is 26.9. The van der Waals surface area contributed by atoms with Gasteiger partial charge in [-0.25, -0.2) is 9.97 Å². The zero-order valence-corrected chi connectivity index (χ0v) is 28.4. The number of hydrogen-bond donors (Lipinski definition) is 2. The maximum Gasteiger partial charge on any atom is 0.307 e. The Labute approximate surface area is 293 Å². The van der Waals surface area contributed by atoms with Crippen molar-refractivity contribution in [1.29, 1.82) is 0 Å². The van der Waals surface area contributed by atoms with Crippen LogP contribution < -0.4 is 10.3 Å². The number of aromatic nitrogens is 3. The van der Waals surface area contributed by atoms with Crippen LogP contribution in [0, 0.1) is 11.8 Å². The number of rotatable bonds is 10. The smallest absolute Gasteiger partial charge is 0.307 e. The van der Waals surface area contributed by atoms with E-state index in [1.54, 1.807) is 23.9 Å². The molecule has 10 nitrogen and oxygen atoms in total. The summed E-state index contributed by atoms with van der Waals surface area (Å²) in [6.07, 6.45) is 3.98. The van der Waals surface area contributed by atoms with Crippen LogP contribution in [-0.4, -0.2) is 80.2 Å². The Bertz CT molecular complexity index is 2120. The highest BCUT2D eigenvalue weighted by Gasteiger charge is 2.29. The van der Waals surface area contributed by atoms with Crippen molar-refractivity contribution in [2.24, 2.45) is 11.8 Å². The number of carbonyl (C=O) groups is 1. The molecule has 3 aromatic heterocycles. The van der Waals surface area contributed by atoms with E-state index in [-0.39, 0.29) is 24.0 Å². The number of methoxy groups -OCH3 is 1. The number of pyridine rings is 2. The number of fused-ring (bicyclic) bond motifs is 1. The van der Waals surface area contributed by atoms with Crippen molar-refractivity contribution in [2.45, 2.75) is 19.5 Å². The van der Waals surface area contributed by atoms with Crippen molar-refractivity contribution in [1.82, 2.24) is 24.2 Å². The van der Waals surface area contributed by atoms with Gasteiger partial charge in [-0.3, -0.25) is 23.8 Å². The monoisotopic (exact) mass is 699 g/mol. The number of aliphatic hydroxyl groups excluding tert-OH is 1. The summed E-state index contributed by atoms with van der Waals surface area (Å²) in [5, 5.41) is 19.7. The minimum Gasteiger partial charge on any atom is -0.481 e. The average Bonchev–Trinajstić information content (AvgIpc) is 3.57. The maximum atomic E-state index is 13.2. The molecule has 0 unspecified atom stereocenters. The largest absolute Gasteiger partial charge is 0.481 e. The first-order valence-electron chi connectivity index (χ1n) is 16.1. The van der Waals surface area contributed by atoms with Gasteiger partial charge >= 0.3 is 5.97 Å². The van der Waals surface area contributed by atoms with Crippen molar-refractivity contribution < 1.29 is 19.7 Å². The number of aliphatic carboxylic acids is 1. The van der Waals surface area contributed by atoms with Gasteiger partial charge in [0, 0.05) is 85.5 Å². The van der Waals surface area contributed by atoms with Crippen LogP contribution >= 0.6 is 23.2 Å². The predicted molar refractivity (Wildman–Crippen MR) is 189 cm³/mol. The SMILES string of the molecule is COc1nc(-c2cccc(-c3cccc(-c4ccn5c(=O)c(CN6CC(CO)C6)cnc5c4)c3Cl)c2Cl)ccc1CN1CC[C@H](C(=O)O)C1. The van der Waals surface area contributed by atoms with Crippen LogP contribution in [0.25, 0.3) is 39.2 Å². The molecular formula is C37H35Cl2N5O5. The van der Waals surface area contributed by atoms with Gasteiger partial charge in [-0.1, -0.05) is 65.7 Å². The number of halogens is 2. The van der Waals surface area contributed by atoms with Gasteiger partial charge in [0.05, 0.1) is 34.3 Å². The van der Waals surface area contributed by atoms with Crippen LogP contribution in [0.3, 0.4) is 0 Å². The molecule has 2 fully saturated rings. The minimum absolute atomic E-state index is 0.117. The van der Waals surface area contributed by atoms with E-state index in [4.69, 9.17) is 32.9 Å². The van der Waals surface area contributed by atoms with Crippen molar-refractivity contribution in [2.75, 3.05) is 39.9 Å². The highest BCUT2D eigenvalue weighted by Crippen LogP contribution is 2.42. The molecule has 2 aliphatic heterocycles. The second kappa shape index (κ2) is 13.9. The predicted octanol–water partition coefficient (Wildman–Crippen LogP) is 5.74. The third-order valence-corrected chi connectivity index (χ3v) is 10.3. The first kappa shape index (κ1) is 33.2. The van der Waals surface area contributed by atoms with Gasteiger partial charge in [0.2, 0.25) is 5.88 Å². The Morgan fingerprint density at radius 2 is 1.61 bits per heavy atom. The van der Waals surface area contributed by atoms with Crippen LogP contribution in [0.15, 0.2) is 77.9 Å². The molecule has 49 heavy (non-hydrogen) atoms. The molecule has 252 valence electrons. The molecule has 7 rings (SSSR count). The van der Waals surface area contributed by atoms with E-state index in [1.807, 2.05) is 60.7 Å². The topological polar surface area (TPSA) is 121 Å². The third-order valence-electron chi connectivity index (χ3n) is 9.49. The Balaban J connectivity index is 1.16. The third kappa shape index (κ3) is 6.54. The first-order valence-corrected chi connectivity index (χ1v) is 16.9. The van der Waals surface area contributed by atoms with E-state index < -0.39 is 5.97 Å². The van der Waals surface area contributed by atoms with E-state index in [1.165, 1.54) is 0 Å². The number of nitrogens with zero attached hydrogens (tertiary/aromatic N) is 5. The standard InChI is InChI=1S/C37H35Cl2N5O5/c1-49-35-24(18-42-12-10-25(19-42)37(47)48)8-9-31(41-35)30-7-3-6-29(34(30)39)28-5-2-4-27(33(28)38)23-11-13-44-32(14-23)40-15-26(36(44)46)20-43-16-22(17-43)21-45/h2-9,11,13-15,22,25,45H,10,12,16-21H2,1H3,(H,47,48)/t25-/m0/s1. The molecule has 2 N–H and O–H groups in total. The zero-order chi connectivity index (χ0) is 34.2. The van der Waals surface area contributed by atoms with Crippen LogP contribution in [0.1, 0.15) is 17.5 Å². The summed E-state index contributed by atoms with van der Waals surface area (Å²) in [7, 11) is 1.57. The van der Waals surface area contributed by atoms with Gasteiger partial charge in [-0.05, 0) is 36.7 Å². The van der Waals surface area contributed by atoms with E-state index in [2.05, 4.69) is 14.8 Å². The average molecular weight is 701 g/mol. The van der Waals surface area contributed by atoms with Crippen LogP contribution in [0.5, 0.6) is 5.88 Å². The normalized spacial score (nSPS) is 17.0. The Kier molecular flexibility index (Phi) is 9.41. The van der Waals surface area contributed by atoms with E-state index in [9.17, 15) is 19.8 Å². The number of ether oxygens (including phenoxy) is 1. The summed E-state index contributed by atoms with van der Waals surface area (Å²) in [5.41, 5.74) is 6.29. The van der Waals surface area contributed by atoms with Crippen LogP contribution in [-0.2, 0) is 17.9 Å². The van der Waals surface area contributed by atoms with Gasteiger partial charge in [0.1, 0.15) is 5.65 Å². The number of likely N-dealkylation sites (tertiary alicyclic amines) is 2. The molecule has 2 aliphatic rings. The fourth-order valence-corrected chi connectivity index (χ4v) is 7.45. The summed E-state index contributed by atoms with van der Waals surface area (Å²) in [6, 6.07) is 19.0. The number of carboxylic acids is 1. The Morgan fingerprint density at radius 3 is 2.31 bits per heavy atom. The first-order chi connectivity index (χ1) is 23.7. The van der Waals surface area contributed by atoms with Gasteiger partial charge in [-0.2, -0.15) is 0 Å². The van der Waals surface area contributed by atoms with Crippen molar-refractivity contribution in [3.05, 3.63) is 105 Å². The van der Waals surface area contributed by atoms with Crippen LogP contribution in [0.2, 0.25) is 10.0 Å². The summed E-state index contributed by atoms with van der Waals surface area (Å²) in [4.78, 5) is 38.2. The lowest BCUT2D eigenvalue weighted by Crippen LogP contribution is -2.48. The molecule has 5 aromatic rings. The molecule has 1 atom stereocenters. The number of aliphatic hydroxyl groups is 1.